The SMILES string of the molecule is CC(C)(C(=O)O)c1ccc(NC(=O)c2ccc(Br)o2)cc1. The van der Waals surface area contributed by atoms with Crippen molar-refractivity contribution in [2.24, 2.45) is 0 Å². The zero-order valence-corrected chi connectivity index (χ0v) is 13.1. The van der Waals surface area contributed by atoms with E-state index in [9.17, 15) is 14.7 Å². The molecule has 0 unspecified atom stereocenters. The first-order chi connectivity index (χ1) is 9.80. The molecule has 0 bridgehead atoms. The van der Waals surface area contributed by atoms with E-state index < -0.39 is 11.4 Å². The number of rotatable bonds is 4. The molecule has 0 aliphatic rings. The predicted octanol–water partition coefficient (Wildman–Crippen LogP) is 3.66. The number of anilines is 1. The second kappa shape index (κ2) is 5.73. The van der Waals surface area contributed by atoms with Crippen molar-refractivity contribution in [3.8, 4) is 0 Å². The van der Waals surface area contributed by atoms with Crippen LogP contribution in [0.25, 0.3) is 0 Å². The van der Waals surface area contributed by atoms with E-state index in [0.29, 0.717) is 15.9 Å². The molecule has 0 aliphatic heterocycles. The van der Waals surface area contributed by atoms with Gasteiger partial charge in [-0.2, -0.15) is 0 Å². The molecule has 0 atom stereocenters. The maximum Gasteiger partial charge on any atom is 0.313 e. The average Bonchev–Trinajstić information content (AvgIpc) is 2.86. The fraction of sp³-hybridized carbons (Fsp3) is 0.200. The molecule has 0 saturated carbocycles. The minimum absolute atomic E-state index is 0.191. The van der Waals surface area contributed by atoms with Crippen LogP contribution in [0, 0.1) is 0 Å². The molecule has 1 amide bonds. The van der Waals surface area contributed by atoms with E-state index in [1.807, 2.05) is 0 Å². The fourth-order valence-electron chi connectivity index (χ4n) is 1.72. The van der Waals surface area contributed by atoms with Crippen LogP contribution in [0.1, 0.15) is 30.0 Å². The minimum atomic E-state index is -0.978. The predicted molar refractivity (Wildman–Crippen MR) is 81.5 cm³/mol. The number of hydrogen-bond donors (Lipinski definition) is 2. The Balaban J connectivity index is 2.13. The normalized spacial score (nSPS) is 11.2. The summed E-state index contributed by atoms with van der Waals surface area (Å²) in [4.78, 5) is 23.1. The van der Waals surface area contributed by atoms with Crippen LogP contribution in [0.4, 0.5) is 5.69 Å². The van der Waals surface area contributed by atoms with Crippen molar-refractivity contribution in [2.75, 3.05) is 5.32 Å². The maximum absolute atomic E-state index is 11.9. The van der Waals surface area contributed by atoms with Gasteiger partial charge in [0.2, 0.25) is 0 Å². The van der Waals surface area contributed by atoms with Gasteiger partial charge in [-0.3, -0.25) is 9.59 Å². The van der Waals surface area contributed by atoms with Crippen molar-refractivity contribution in [1.29, 1.82) is 0 Å². The molecule has 0 fully saturated rings. The van der Waals surface area contributed by atoms with Crippen LogP contribution < -0.4 is 5.32 Å². The lowest BCUT2D eigenvalue weighted by atomic mass is 9.85. The van der Waals surface area contributed by atoms with Crippen LogP contribution in [0.15, 0.2) is 45.5 Å². The van der Waals surface area contributed by atoms with E-state index in [4.69, 9.17) is 4.42 Å². The Labute approximate surface area is 130 Å². The van der Waals surface area contributed by atoms with Gasteiger partial charge in [-0.1, -0.05) is 12.1 Å². The van der Waals surface area contributed by atoms with E-state index in [0.717, 1.165) is 0 Å². The molecule has 0 radical (unpaired) electrons. The molecule has 1 aromatic heterocycles. The molecule has 5 nitrogen and oxygen atoms in total. The second-order valence-electron chi connectivity index (χ2n) is 5.07. The zero-order chi connectivity index (χ0) is 15.6. The highest BCUT2D eigenvalue weighted by Crippen LogP contribution is 2.25. The summed E-state index contributed by atoms with van der Waals surface area (Å²) in [5.41, 5.74) is 0.250. The lowest BCUT2D eigenvalue weighted by molar-refractivity contribution is -0.142. The third-order valence-corrected chi connectivity index (χ3v) is 3.62. The monoisotopic (exact) mass is 351 g/mol. The van der Waals surface area contributed by atoms with Crippen molar-refractivity contribution < 1.29 is 19.1 Å². The van der Waals surface area contributed by atoms with Gasteiger partial charge in [-0.25, -0.2) is 0 Å². The molecule has 1 aromatic carbocycles. The molecule has 2 aromatic rings. The van der Waals surface area contributed by atoms with Crippen molar-refractivity contribution >= 4 is 33.5 Å². The summed E-state index contributed by atoms with van der Waals surface area (Å²) in [6.07, 6.45) is 0. The number of benzene rings is 1. The fourth-order valence-corrected chi connectivity index (χ4v) is 2.03. The van der Waals surface area contributed by atoms with Crippen LogP contribution in [-0.4, -0.2) is 17.0 Å². The number of carbonyl (C=O) groups is 2. The summed E-state index contributed by atoms with van der Waals surface area (Å²) in [5.74, 6) is -1.08. The Bertz CT molecular complexity index is 673. The third-order valence-electron chi connectivity index (χ3n) is 3.20. The second-order valence-corrected chi connectivity index (χ2v) is 5.85. The Morgan fingerprint density at radius 2 is 1.76 bits per heavy atom. The first-order valence-corrected chi connectivity index (χ1v) is 7.00. The molecule has 21 heavy (non-hydrogen) atoms. The molecular formula is C15H14BrNO4. The van der Waals surface area contributed by atoms with Crippen LogP contribution in [0.2, 0.25) is 0 Å². The molecule has 2 rings (SSSR count). The molecule has 0 saturated heterocycles. The van der Waals surface area contributed by atoms with Gasteiger partial charge in [0, 0.05) is 5.69 Å². The van der Waals surface area contributed by atoms with Gasteiger partial charge < -0.3 is 14.8 Å². The Morgan fingerprint density at radius 3 is 2.24 bits per heavy atom. The molecule has 6 heteroatoms. The summed E-state index contributed by atoms with van der Waals surface area (Å²) in [6.45, 7) is 3.26. The van der Waals surface area contributed by atoms with Gasteiger partial charge in [0.1, 0.15) is 0 Å². The highest BCUT2D eigenvalue weighted by molar-refractivity contribution is 9.10. The quantitative estimate of drug-likeness (QED) is 0.880. The number of carboxylic acids is 1. The number of carboxylic acid groups (broad SMARTS) is 1. The Kier molecular flexibility index (Phi) is 4.18. The summed E-state index contributed by atoms with van der Waals surface area (Å²) in [7, 11) is 0. The number of aliphatic carboxylic acids is 1. The highest BCUT2D eigenvalue weighted by atomic mass is 79.9. The summed E-state index contributed by atoms with van der Waals surface area (Å²) in [6, 6.07) is 9.88. The number of furan rings is 1. The lowest BCUT2D eigenvalue weighted by Gasteiger charge is -2.19. The topological polar surface area (TPSA) is 79.5 Å². The average molecular weight is 352 g/mol. The molecule has 0 aliphatic carbocycles. The molecule has 2 N–H and O–H groups in total. The minimum Gasteiger partial charge on any atom is -0.481 e. The number of hydrogen-bond acceptors (Lipinski definition) is 3. The largest absolute Gasteiger partial charge is 0.481 e. The van der Waals surface area contributed by atoms with E-state index in [1.54, 1.807) is 50.2 Å². The third kappa shape index (κ3) is 3.33. The first-order valence-electron chi connectivity index (χ1n) is 6.21. The smallest absolute Gasteiger partial charge is 0.313 e. The van der Waals surface area contributed by atoms with Crippen molar-refractivity contribution in [1.82, 2.24) is 0 Å². The van der Waals surface area contributed by atoms with Gasteiger partial charge in [-0.15, -0.1) is 0 Å². The van der Waals surface area contributed by atoms with Crippen molar-refractivity contribution in [3.05, 3.63) is 52.4 Å². The highest BCUT2D eigenvalue weighted by Gasteiger charge is 2.29. The number of nitrogens with one attached hydrogen (secondary N) is 1. The number of amides is 1. The Morgan fingerprint density at radius 1 is 1.14 bits per heavy atom. The van der Waals surface area contributed by atoms with Crippen molar-refractivity contribution in [2.45, 2.75) is 19.3 Å². The maximum atomic E-state index is 11.9. The molecule has 0 spiro atoms. The van der Waals surface area contributed by atoms with E-state index in [2.05, 4.69) is 21.2 Å². The molecule has 110 valence electrons. The van der Waals surface area contributed by atoms with E-state index in [-0.39, 0.29) is 11.7 Å². The summed E-state index contributed by atoms with van der Waals surface area (Å²) in [5, 5.41) is 11.9. The number of halogens is 1. The standard InChI is InChI=1S/C15H14BrNO4/c1-15(2,14(19)20)9-3-5-10(6-4-9)17-13(18)11-7-8-12(16)21-11/h3-8H,1-2H3,(H,17,18)(H,19,20). The number of carbonyl (C=O) groups excluding carboxylic acids is 1. The lowest BCUT2D eigenvalue weighted by Crippen LogP contribution is -2.28. The molecular weight excluding hydrogens is 338 g/mol. The van der Waals surface area contributed by atoms with Crippen LogP contribution in [0.3, 0.4) is 0 Å². The van der Waals surface area contributed by atoms with Gasteiger partial charge in [0.25, 0.3) is 5.91 Å². The van der Waals surface area contributed by atoms with Crippen LogP contribution >= 0.6 is 15.9 Å². The van der Waals surface area contributed by atoms with Gasteiger partial charge >= 0.3 is 5.97 Å². The molecule has 1 heterocycles. The summed E-state index contributed by atoms with van der Waals surface area (Å²) >= 11 is 3.13. The van der Waals surface area contributed by atoms with Gasteiger partial charge in [0.05, 0.1) is 5.41 Å². The first kappa shape index (κ1) is 15.3. The van der Waals surface area contributed by atoms with E-state index in [1.165, 1.54) is 0 Å². The zero-order valence-electron chi connectivity index (χ0n) is 11.5. The van der Waals surface area contributed by atoms with Crippen LogP contribution in [-0.2, 0) is 10.2 Å². The summed E-state index contributed by atoms with van der Waals surface area (Å²) < 4.78 is 5.63. The van der Waals surface area contributed by atoms with Crippen molar-refractivity contribution in [3.63, 3.8) is 0 Å². The van der Waals surface area contributed by atoms with Gasteiger partial charge in [0.15, 0.2) is 10.4 Å². The Hall–Kier alpha value is -2.08. The van der Waals surface area contributed by atoms with E-state index >= 15 is 0 Å². The van der Waals surface area contributed by atoms with Crippen LogP contribution in [0.5, 0.6) is 0 Å². The van der Waals surface area contributed by atoms with Gasteiger partial charge in [-0.05, 0) is 59.6 Å².